The monoisotopic (exact) mass is 300 g/mol. The van der Waals surface area contributed by atoms with Gasteiger partial charge in [-0.2, -0.15) is 0 Å². The Kier molecular flexibility index (Phi) is 6.98. The smallest absolute Gasteiger partial charge is 0.409 e. The van der Waals surface area contributed by atoms with E-state index < -0.39 is 5.97 Å². The third-order valence-corrected chi connectivity index (χ3v) is 3.44. The molecule has 1 atom stereocenters. The fourth-order valence-electron chi connectivity index (χ4n) is 2.39. The lowest BCUT2D eigenvalue weighted by Gasteiger charge is -2.31. The SMILES string of the molecule is CCOC(=O)N1CCC(NC(=O)C[C@H](C)CC(=O)O)CC1. The highest BCUT2D eigenvalue weighted by Gasteiger charge is 2.25. The van der Waals surface area contributed by atoms with Crippen LogP contribution in [-0.2, 0) is 14.3 Å². The number of likely N-dealkylation sites (tertiary alicyclic amines) is 1. The summed E-state index contributed by atoms with van der Waals surface area (Å²) in [6, 6.07) is 0.0419. The zero-order valence-electron chi connectivity index (χ0n) is 12.6. The summed E-state index contributed by atoms with van der Waals surface area (Å²) >= 11 is 0. The van der Waals surface area contributed by atoms with Crippen LogP contribution < -0.4 is 5.32 Å². The van der Waals surface area contributed by atoms with E-state index in [0.29, 0.717) is 32.5 Å². The Labute approximate surface area is 124 Å². The minimum atomic E-state index is -0.891. The van der Waals surface area contributed by atoms with Crippen molar-refractivity contribution in [3.05, 3.63) is 0 Å². The summed E-state index contributed by atoms with van der Waals surface area (Å²) in [6.07, 6.45) is 1.28. The second-order valence-corrected chi connectivity index (χ2v) is 5.43. The van der Waals surface area contributed by atoms with E-state index in [2.05, 4.69) is 5.32 Å². The van der Waals surface area contributed by atoms with Crippen LogP contribution in [-0.4, -0.2) is 53.7 Å². The predicted molar refractivity (Wildman–Crippen MR) is 75.8 cm³/mol. The van der Waals surface area contributed by atoms with Crippen molar-refractivity contribution < 1.29 is 24.2 Å². The average Bonchev–Trinajstić information content (AvgIpc) is 2.38. The summed E-state index contributed by atoms with van der Waals surface area (Å²) in [4.78, 5) is 35.5. The summed E-state index contributed by atoms with van der Waals surface area (Å²) in [5, 5.41) is 11.6. The summed E-state index contributed by atoms with van der Waals surface area (Å²) < 4.78 is 4.93. The third kappa shape index (κ3) is 6.46. The Morgan fingerprint density at radius 3 is 2.43 bits per heavy atom. The molecular weight excluding hydrogens is 276 g/mol. The minimum absolute atomic E-state index is 0.00524. The highest BCUT2D eigenvalue weighted by atomic mass is 16.6. The molecule has 120 valence electrons. The van der Waals surface area contributed by atoms with Gasteiger partial charge in [-0.25, -0.2) is 4.79 Å². The lowest BCUT2D eigenvalue weighted by atomic mass is 10.0. The number of ether oxygens (including phenoxy) is 1. The first-order valence-corrected chi connectivity index (χ1v) is 7.35. The van der Waals surface area contributed by atoms with Gasteiger partial charge in [-0.15, -0.1) is 0 Å². The van der Waals surface area contributed by atoms with Crippen LogP contribution in [0.15, 0.2) is 0 Å². The fourth-order valence-corrected chi connectivity index (χ4v) is 2.39. The van der Waals surface area contributed by atoms with E-state index in [1.54, 1.807) is 18.7 Å². The van der Waals surface area contributed by atoms with Gasteiger partial charge in [-0.05, 0) is 25.7 Å². The number of hydrogen-bond donors (Lipinski definition) is 2. The number of aliphatic carboxylic acids is 1. The standard InChI is InChI=1S/C14H24N2O5/c1-3-21-14(20)16-6-4-11(5-7-16)15-12(17)8-10(2)9-13(18)19/h10-11H,3-9H2,1-2H3,(H,15,17)(H,18,19)/t10-/m0/s1. The lowest BCUT2D eigenvalue weighted by molar-refractivity contribution is -0.138. The number of nitrogens with one attached hydrogen (secondary N) is 1. The summed E-state index contributed by atoms with van der Waals surface area (Å²) in [6.45, 7) is 5.00. The lowest BCUT2D eigenvalue weighted by Crippen LogP contribution is -2.46. The Balaban J connectivity index is 2.27. The molecule has 0 radical (unpaired) electrons. The van der Waals surface area contributed by atoms with Crippen molar-refractivity contribution in [2.75, 3.05) is 19.7 Å². The number of carbonyl (C=O) groups is 3. The first kappa shape index (κ1) is 17.3. The van der Waals surface area contributed by atoms with Gasteiger partial charge in [0.05, 0.1) is 6.61 Å². The molecule has 1 rings (SSSR count). The molecule has 1 aliphatic heterocycles. The van der Waals surface area contributed by atoms with Gasteiger partial charge in [0.15, 0.2) is 0 Å². The van der Waals surface area contributed by atoms with E-state index >= 15 is 0 Å². The molecule has 1 aliphatic rings. The van der Waals surface area contributed by atoms with Gasteiger partial charge < -0.3 is 20.1 Å². The number of carboxylic acids is 1. The van der Waals surface area contributed by atoms with Gasteiger partial charge in [0.2, 0.25) is 5.91 Å². The topological polar surface area (TPSA) is 95.9 Å². The van der Waals surface area contributed by atoms with Gasteiger partial charge in [0.25, 0.3) is 0 Å². The normalized spacial score (nSPS) is 17.1. The molecule has 0 aromatic heterocycles. The van der Waals surface area contributed by atoms with E-state index in [4.69, 9.17) is 9.84 Å². The van der Waals surface area contributed by atoms with Gasteiger partial charge >= 0.3 is 12.1 Å². The number of hydrogen-bond acceptors (Lipinski definition) is 4. The molecule has 1 fully saturated rings. The van der Waals surface area contributed by atoms with Crippen molar-refractivity contribution in [3.8, 4) is 0 Å². The number of rotatable bonds is 6. The van der Waals surface area contributed by atoms with Crippen LogP contribution in [0.2, 0.25) is 0 Å². The summed E-state index contributed by atoms with van der Waals surface area (Å²) in [7, 11) is 0. The quantitative estimate of drug-likeness (QED) is 0.769. The van der Waals surface area contributed by atoms with Crippen molar-refractivity contribution in [1.82, 2.24) is 10.2 Å². The molecule has 0 saturated carbocycles. The third-order valence-electron chi connectivity index (χ3n) is 3.44. The van der Waals surface area contributed by atoms with Crippen LogP contribution in [0.3, 0.4) is 0 Å². The molecule has 0 aromatic rings. The Bertz CT molecular complexity index is 378. The molecule has 1 saturated heterocycles. The maximum absolute atomic E-state index is 11.8. The van der Waals surface area contributed by atoms with Crippen LogP contribution in [0.1, 0.15) is 39.5 Å². The molecule has 0 spiro atoms. The molecule has 7 heteroatoms. The average molecular weight is 300 g/mol. The maximum atomic E-state index is 11.8. The molecule has 7 nitrogen and oxygen atoms in total. The molecular formula is C14H24N2O5. The molecule has 21 heavy (non-hydrogen) atoms. The van der Waals surface area contributed by atoms with Crippen LogP contribution in [0.25, 0.3) is 0 Å². The number of piperidine rings is 1. The molecule has 0 bridgehead atoms. The van der Waals surface area contributed by atoms with E-state index in [1.165, 1.54) is 0 Å². The molecule has 2 amide bonds. The van der Waals surface area contributed by atoms with Crippen molar-refractivity contribution in [2.45, 2.75) is 45.6 Å². The highest BCUT2D eigenvalue weighted by Crippen LogP contribution is 2.13. The van der Waals surface area contributed by atoms with Crippen molar-refractivity contribution in [3.63, 3.8) is 0 Å². The second kappa shape index (κ2) is 8.49. The van der Waals surface area contributed by atoms with Crippen molar-refractivity contribution in [2.24, 2.45) is 5.92 Å². The van der Waals surface area contributed by atoms with Crippen LogP contribution >= 0.6 is 0 Å². The number of amides is 2. The molecule has 0 aromatic carbocycles. The zero-order chi connectivity index (χ0) is 15.8. The van der Waals surface area contributed by atoms with E-state index in [9.17, 15) is 14.4 Å². The molecule has 0 aliphatic carbocycles. The first-order valence-electron chi connectivity index (χ1n) is 7.35. The van der Waals surface area contributed by atoms with Crippen LogP contribution in [0.4, 0.5) is 4.79 Å². The van der Waals surface area contributed by atoms with Crippen molar-refractivity contribution in [1.29, 1.82) is 0 Å². The molecule has 1 heterocycles. The van der Waals surface area contributed by atoms with Gasteiger partial charge in [-0.1, -0.05) is 6.92 Å². The van der Waals surface area contributed by atoms with E-state index in [1.807, 2.05) is 0 Å². The van der Waals surface area contributed by atoms with Crippen LogP contribution in [0.5, 0.6) is 0 Å². The number of carboxylic acid groups (broad SMARTS) is 1. The Morgan fingerprint density at radius 1 is 1.29 bits per heavy atom. The van der Waals surface area contributed by atoms with Crippen LogP contribution in [0, 0.1) is 5.92 Å². The van der Waals surface area contributed by atoms with Gasteiger partial charge in [-0.3, -0.25) is 9.59 Å². The van der Waals surface area contributed by atoms with Gasteiger partial charge in [0, 0.05) is 32.0 Å². The molecule has 2 N–H and O–H groups in total. The predicted octanol–water partition coefficient (Wildman–Crippen LogP) is 1.22. The number of nitrogens with zero attached hydrogens (tertiary/aromatic N) is 1. The summed E-state index contributed by atoms with van der Waals surface area (Å²) in [5.74, 6) is -1.20. The zero-order valence-corrected chi connectivity index (χ0v) is 12.6. The Hall–Kier alpha value is -1.79. The summed E-state index contributed by atoms with van der Waals surface area (Å²) in [5.41, 5.74) is 0. The van der Waals surface area contributed by atoms with E-state index in [0.717, 1.165) is 0 Å². The van der Waals surface area contributed by atoms with Gasteiger partial charge in [0.1, 0.15) is 0 Å². The fraction of sp³-hybridized carbons (Fsp3) is 0.786. The maximum Gasteiger partial charge on any atom is 0.409 e. The Morgan fingerprint density at radius 2 is 1.90 bits per heavy atom. The largest absolute Gasteiger partial charge is 0.481 e. The van der Waals surface area contributed by atoms with E-state index in [-0.39, 0.29) is 36.8 Å². The number of carbonyl (C=O) groups excluding carboxylic acids is 2. The second-order valence-electron chi connectivity index (χ2n) is 5.43. The minimum Gasteiger partial charge on any atom is -0.481 e. The first-order chi connectivity index (χ1) is 9.92. The highest BCUT2D eigenvalue weighted by molar-refractivity contribution is 5.77. The molecule has 0 unspecified atom stereocenters. The van der Waals surface area contributed by atoms with Crippen molar-refractivity contribution >= 4 is 18.0 Å².